The lowest BCUT2D eigenvalue weighted by Gasteiger charge is -2.54. The second-order valence-corrected chi connectivity index (χ2v) is 16.3. The fraction of sp³-hybridized carbons (Fsp3) is 0.895. The van der Waals surface area contributed by atoms with Crippen LogP contribution in [-0.4, -0.2) is 47.3 Å². The molecule has 8 nitrogen and oxygen atoms in total. The van der Waals surface area contributed by atoms with Crippen LogP contribution in [0.2, 0.25) is 0 Å². The summed E-state index contributed by atoms with van der Waals surface area (Å²) in [6, 6.07) is 0. The molecule has 4 bridgehead atoms. The van der Waals surface area contributed by atoms with Gasteiger partial charge in [-0.15, -0.1) is 0 Å². The predicted molar refractivity (Wildman–Crippen MR) is 178 cm³/mol. The van der Waals surface area contributed by atoms with Gasteiger partial charge in [-0.05, 0) is 97.2 Å². The molecule has 4 aliphatic carbocycles. The maximum Gasteiger partial charge on any atom is 0.313 e. The Labute approximate surface area is 278 Å². The van der Waals surface area contributed by atoms with Crippen molar-refractivity contribution in [3.05, 3.63) is 0 Å². The van der Waals surface area contributed by atoms with Gasteiger partial charge in [-0.1, -0.05) is 82.1 Å². The number of carbonyl (C=O) groups excluding carboxylic acids is 2. The molecule has 4 saturated carbocycles. The molecule has 46 heavy (non-hydrogen) atoms. The van der Waals surface area contributed by atoms with Crippen molar-refractivity contribution >= 4 is 23.9 Å². The molecule has 0 saturated heterocycles. The van der Waals surface area contributed by atoms with E-state index in [9.17, 15) is 19.2 Å². The molecular weight excluding hydrogens is 584 g/mol. The van der Waals surface area contributed by atoms with Gasteiger partial charge in [-0.25, -0.2) is 0 Å². The van der Waals surface area contributed by atoms with E-state index in [4.69, 9.17) is 19.7 Å². The zero-order chi connectivity index (χ0) is 34.7. The van der Waals surface area contributed by atoms with Crippen LogP contribution in [0.5, 0.6) is 0 Å². The van der Waals surface area contributed by atoms with Crippen molar-refractivity contribution in [2.24, 2.45) is 81.8 Å². The number of esters is 2. The smallest absolute Gasteiger partial charge is 0.313 e. The lowest BCUT2D eigenvalue weighted by molar-refractivity contribution is -0.191. The minimum absolute atomic E-state index is 0.0589. The van der Waals surface area contributed by atoms with E-state index in [2.05, 4.69) is 55.4 Å². The van der Waals surface area contributed by atoms with Gasteiger partial charge in [0.15, 0.2) is 0 Å². The van der Waals surface area contributed by atoms with Crippen molar-refractivity contribution < 1.29 is 38.9 Å². The maximum atomic E-state index is 14.0. The highest BCUT2D eigenvalue weighted by atomic mass is 16.5. The van der Waals surface area contributed by atoms with Crippen LogP contribution in [0.1, 0.15) is 121 Å². The number of fused-ring (bicyclic) bond motifs is 4. The molecule has 8 heteroatoms. The number of aliphatic carboxylic acids is 2. The molecular formula is C38H64O8. The average Bonchev–Trinajstić information content (AvgIpc) is 3.65. The fourth-order valence-corrected chi connectivity index (χ4v) is 10.8. The molecule has 0 aliphatic heterocycles. The van der Waals surface area contributed by atoms with E-state index in [1.807, 2.05) is 13.8 Å². The van der Waals surface area contributed by atoms with Gasteiger partial charge >= 0.3 is 23.9 Å². The Morgan fingerprint density at radius 1 is 0.717 bits per heavy atom. The fourth-order valence-electron chi connectivity index (χ4n) is 10.8. The summed E-state index contributed by atoms with van der Waals surface area (Å²) in [5.74, 6) is -1.33. The number of hydrogen-bond donors (Lipinski definition) is 2. The SMILES string of the molecule is CC1C(C)C2CC1C(C(=O)O)C2C(=O)O.CCCCOC(=O)C1C2CC(CC(C)C)(C(C)C2C)C1(CC(C)C)C(=O)OCCCC. The van der Waals surface area contributed by atoms with E-state index in [0.717, 1.165) is 44.9 Å². The van der Waals surface area contributed by atoms with Gasteiger partial charge in [-0.3, -0.25) is 19.2 Å². The van der Waals surface area contributed by atoms with Gasteiger partial charge < -0.3 is 19.7 Å². The zero-order valence-corrected chi connectivity index (χ0v) is 30.3. The first-order chi connectivity index (χ1) is 21.5. The van der Waals surface area contributed by atoms with Crippen LogP contribution in [0.15, 0.2) is 0 Å². The molecule has 4 rings (SSSR count). The molecule has 4 aliphatic rings. The molecule has 0 aromatic carbocycles. The molecule has 0 heterocycles. The van der Waals surface area contributed by atoms with E-state index >= 15 is 0 Å². The number of unbranched alkanes of at least 4 members (excludes halogenated alkanes) is 2. The average molecular weight is 649 g/mol. The lowest BCUT2D eigenvalue weighted by atomic mass is 9.48. The number of carboxylic acids is 2. The van der Waals surface area contributed by atoms with E-state index in [1.54, 1.807) is 0 Å². The third-order valence-electron chi connectivity index (χ3n) is 13.0. The summed E-state index contributed by atoms with van der Waals surface area (Å²) in [5.41, 5.74) is -0.980. The first kappa shape index (κ1) is 38.3. The number of rotatable bonds is 14. The Kier molecular flexibility index (Phi) is 12.8. The Hall–Kier alpha value is -2.12. The van der Waals surface area contributed by atoms with Crippen LogP contribution in [0.25, 0.3) is 0 Å². The van der Waals surface area contributed by atoms with Crippen LogP contribution >= 0.6 is 0 Å². The third kappa shape index (κ3) is 6.74. The molecule has 2 N–H and O–H groups in total. The van der Waals surface area contributed by atoms with Crippen molar-refractivity contribution in [3.8, 4) is 0 Å². The number of carboxylic acid groups (broad SMARTS) is 2. The number of carbonyl (C=O) groups is 4. The van der Waals surface area contributed by atoms with Gasteiger partial charge in [0.05, 0.1) is 36.4 Å². The first-order valence-corrected chi connectivity index (χ1v) is 18.3. The van der Waals surface area contributed by atoms with Gasteiger partial charge in [0.2, 0.25) is 0 Å². The lowest BCUT2D eigenvalue weighted by Crippen LogP contribution is -2.58. The molecule has 0 aromatic rings. The highest BCUT2D eigenvalue weighted by molar-refractivity contribution is 5.88. The quantitative estimate of drug-likeness (QED) is 0.143. The molecule has 0 radical (unpaired) electrons. The van der Waals surface area contributed by atoms with Gasteiger partial charge in [0.1, 0.15) is 0 Å². The van der Waals surface area contributed by atoms with Crippen LogP contribution < -0.4 is 0 Å². The van der Waals surface area contributed by atoms with Crippen molar-refractivity contribution in [2.75, 3.05) is 13.2 Å². The topological polar surface area (TPSA) is 127 Å². The van der Waals surface area contributed by atoms with E-state index < -0.39 is 29.2 Å². The minimum Gasteiger partial charge on any atom is -0.481 e. The summed E-state index contributed by atoms with van der Waals surface area (Å²) < 4.78 is 11.8. The Morgan fingerprint density at radius 3 is 1.63 bits per heavy atom. The molecule has 12 unspecified atom stereocenters. The number of ether oxygens (including phenoxy) is 2. The predicted octanol–water partition coefficient (Wildman–Crippen LogP) is 7.97. The Morgan fingerprint density at radius 2 is 1.20 bits per heavy atom. The summed E-state index contributed by atoms with van der Waals surface area (Å²) in [6.45, 7) is 22.6. The van der Waals surface area contributed by atoms with Crippen molar-refractivity contribution in [2.45, 2.75) is 121 Å². The largest absolute Gasteiger partial charge is 0.481 e. The first-order valence-electron chi connectivity index (χ1n) is 18.3. The van der Waals surface area contributed by atoms with E-state index in [0.29, 0.717) is 55.1 Å². The van der Waals surface area contributed by atoms with Crippen LogP contribution in [0, 0.1) is 81.8 Å². The molecule has 264 valence electrons. The van der Waals surface area contributed by atoms with Crippen LogP contribution in [0.4, 0.5) is 0 Å². The van der Waals surface area contributed by atoms with Gasteiger partial charge in [0, 0.05) is 0 Å². The van der Waals surface area contributed by atoms with Crippen molar-refractivity contribution in [3.63, 3.8) is 0 Å². The Bertz CT molecular complexity index is 1050. The third-order valence-corrected chi connectivity index (χ3v) is 13.0. The highest BCUT2D eigenvalue weighted by Gasteiger charge is 2.77. The summed E-state index contributed by atoms with van der Waals surface area (Å²) in [7, 11) is 0. The second-order valence-electron chi connectivity index (χ2n) is 16.3. The highest BCUT2D eigenvalue weighted by Crippen LogP contribution is 2.75. The monoisotopic (exact) mass is 648 g/mol. The van der Waals surface area contributed by atoms with Crippen LogP contribution in [0.3, 0.4) is 0 Å². The van der Waals surface area contributed by atoms with Gasteiger partial charge in [-0.2, -0.15) is 0 Å². The zero-order valence-electron chi connectivity index (χ0n) is 30.3. The Balaban J connectivity index is 0.000000318. The van der Waals surface area contributed by atoms with E-state index in [-0.39, 0.29) is 41.0 Å². The number of hydrogen-bond acceptors (Lipinski definition) is 6. The molecule has 0 aromatic heterocycles. The minimum atomic E-state index is -0.936. The van der Waals surface area contributed by atoms with Gasteiger partial charge in [0.25, 0.3) is 0 Å². The van der Waals surface area contributed by atoms with E-state index in [1.165, 1.54) is 0 Å². The molecule has 0 spiro atoms. The van der Waals surface area contributed by atoms with Crippen molar-refractivity contribution in [1.29, 1.82) is 0 Å². The molecule has 0 amide bonds. The van der Waals surface area contributed by atoms with Crippen LogP contribution in [-0.2, 0) is 28.7 Å². The summed E-state index contributed by atoms with van der Waals surface area (Å²) in [4.78, 5) is 49.8. The summed E-state index contributed by atoms with van der Waals surface area (Å²) in [5, 5.41) is 18.2. The standard InChI is InChI=1S/C27H48O4.C11H16O4/c1-9-11-13-30-24(28)23-22-17-26(15-18(3)4,21(8)20(22)7)27(23,16-19(5)6)25(29)31-14-12-10-2;1-4-5(2)7-3-6(4)8(10(12)13)9(7)11(14)15/h18-23H,9-17H2,1-8H3;4-9H,3H2,1-2H3,(H,12,13)(H,14,15). The maximum absolute atomic E-state index is 14.0. The molecule has 12 atom stereocenters. The van der Waals surface area contributed by atoms with Crippen molar-refractivity contribution in [1.82, 2.24) is 0 Å². The summed E-state index contributed by atoms with van der Waals surface area (Å²) in [6.07, 6.45) is 7.08. The second kappa shape index (κ2) is 15.4. The molecule has 4 fully saturated rings. The summed E-state index contributed by atoms with van der Waals surface area (Å²) >= 11 is 0. The normalized spacial score (nSPS) is 39.0.